The molecular weight excluding hydrogens is 160 g/mol. The number of rotatable bonds is 2. The van der Waals surface area contributed by atoms with Crippen LogP contribution in [0, 0.1) is 0 Å². The van der Waals surface area contributed by atoms with E-state index in [0.29, 0.717) is 6.42 Å². The third-order valence-electron chi connectivity index (χ3n) is 1.88. The second kappa shape index (κ2) is 3.87. The van der Waals surface area contributed by atoms with Gasteiger partial charge in [-0.2, -0.15) is 0 Å². The van der Waals surface area contributed by atoms with Gasteiger partial charge in [0.25, 0.3) is 0 Å². The highest BCUT2D eigenvalue weighted by atomic mass is 16.6. The fourth-order valence-electron chi connectivity index (χ4n) is 1.42. The molecule has 4 heteroatoms. The Hall–Kier alpha value is -0.610. The first-order valence-corrected chi connectivity index (χ1v) is 4.07. The number of carbonyl (C=O) groups is 1. The van der Waals surface area contributed by atoms with Crippen molar-refractivity contribution < 1.29 is 19.4 Å². The Morgan fingerprint density at radius 1 is 1.75 bits per heavy atom. The van der Waals surface area contributed by atoms with Crippen LogP contribution in [-0.2, 0) is 14.3 Å². The predicted molar refractivity (Wildman–Crippen MR) is 41.6 cm³/mol. The van der Waals surface area contributed by atoms with E-state index in [9.17, 15) is 4.79 Å². The highest BCUT2D eigenvalue weighted by Crippen LogP contribution is 2.22. The van der Waals surface area contributed by atoms with E-state index < -0.39 is 0 Å². The van der Waals surface area contributed by atoms with Crippen molar-refractivity contribution in [3.63, 3.8) is 0 Å². The molecule has 0 amide bonds. The normalized spacial score (nSPS) is 35.1. The molecule has 1 saturated heterocycles. The third-order valence-corrected chi connectivity index (χ3v) is 1.88. The summed E-state index contributed by atoms with van der Waals surface area (Å²) >= 11 is 0. The van der Waals surface area contributed by atoms with Gasteiger partial charge in [-0.25, -0.2) is 0 Å². The predicted octanol–water partition coefficient (Wildman–Crippen LogP) is 0.0878. The average molecular weight is 174 g/mol. The van der Waals surface area contributed by atoms with Crippen molar-refractivity contribution in [1.29, 1.82) is 0 Å². The van der Waals surface area contributed by atoms with Crippen molar-refractivity contribution in [2.45, 2.75) is 38.6 Å². The molecule has 1 aliphatic heterocycles. The first-order valence-electron chi connectivity index (χ1n) is 4.07. The maximum absolute atomic E-state index is 10.6. The lowest BCUT2D eigenvalue weighted by Gasteiger charge is -2.15. The zero-order valence-electron chi connectivity index (χ0n) is 7.32. The molecule has 0 bridgehead atoms. The number of carbonyl (C=O) groups excluding carboxylic acids is 1. The lowest BCUT2D eigenvalue weighted by Crippen LogP contribution is -2.29. The van der Waals surface area contributed by atoms with Gasteiger partial charge in [-0.3, -0.25) is 4.79 Å². The SMILES string of the molecule is CC(=O)O[C@H]1C[C@H](C)O[C@@H]1CO. The summed E-state index contributed by atoms with van der Waals surface area (Å²) in [6.07, 6.45) is 0.114. The van der Waals surface area contributed by atoms with Crippen LogP contribution in [0.4, 0.5) is 0 Å². The second-order valence-corrected chi connectivity index (χ2v) is 3.05. The minimum Gasteiger partial charge on any atom is -0.460 e. The zero-order valence-corrected chi connectivity index (χ0v) is 7.32. The molecule has 0 aliphatic carbocycles. The lowest BCUT2D eigenvalue weighted by molar-refractivity contribution is -0.150. The summed E-state index contributed by atoms with van der Waals surface area (Å²) in [6, 6.07) is 0. The van der Waals surface area contributed by atoms with Crippen LogP contribution in [0.15, 0.2) is 0 Å². The van der Waals surface area contributed by atoms with Crippen LogP contribution in [0.25, 0.3) is 0 Å². The van der Waals surface area contributed by atoms with Crippen molar-refractivity contribution in [1.82, 2.24) is 0 Å². The summed E-state index contributed by atoms with van der Waals surface area (Å²) in [5.74, 6) is -0.323. The Morgan fingerprint density at radius 3 is 2.92 bits per heavy atom. The first-order chi connectivity index (χ1) is 5.63. The highest BCUT2D eigenvalue weighted by Gasteiger charge is 2.34. The highest BCUT2D eigenvalue weighted by molar-refractivity contribution is 5.66. The van der Waals surface area contributed by atoms with Crippen LogP contribution in [0.2, 0.25) is 0 Å². The van der Waals surface area contributed by atoms with Crippen LogP contribution < -0.4 is 0 Å². The number of aliphatic hydroxyl groups excluding tert-OH is 1. The Balaban J connectivity index is 2.46. The van der Waals surface area contributed by atoms with Crippen molar-refractivity contribution >= 4 is 5.97 Å². The average Bonchev–Trinajstić information content (AvgIpc) is 2.29. The molecule has 0 radical (unpaired) electrons. The Bertz CT molecular complexity index is 168. The summed E-state index contributed by atoms with van der Waals surface area (Å²) in [6.45, 7) is 3.16. The van der Waals surface area contributed by atoms with Gasteiger partial charge in [0.05, 0.1) is 12.7 Å². The molecule has 1 fully saturated rings. The maximum atomic E-state index is 10.6. The van der Waals surface area contributed by atoms with E-state index in [2.05, 4.69) is 0 Å². The van der Waals surface area contributed by atoms with Crippen LogP contribution in [-0.4, -0.2) is 36.0 Å². The number of hydrogen-bond acceptors (Lipinski definition) is 4. The number of aliphatic hydroxyl groups is 1. The zero-order chi connectivity index (χ0) is 9.14. The second-order valence-electron chi connectivity index (χ2n) is 3.05. The van der Waals surface area contributed by atoms with Gasteiger partial charge in [-0.15, -0.1) is 0 Å². The van der Waals surface area contributed by atoms with Gasteiger partial charge in [0, 0.05) is 13.3 Å². The lowest BCUT2D eigenvalue weighted by atomic mass is 10.1. The third kappa shape index (κ3) is 2.19. The molecule has 1 heterocycles. The van der Waals surface area contributed by atoms with Gasteiger partial charge in [0.2, 0.25) is 0 Å². The molecule has 0 spiro atoms. The van der Waals surface area contributed by atoms with E-state index in [1.54, 1.807) is 0 Å². The summed E-state index contributed by atoms with van der Waals surface area (Å²) in [5, 5.41) is 8.85. The van der Waals surface area contributed by atoms with Gasteiger partial charge >= 0.3 is 5.97 Å². The summed E-state index contributed by atoms with van der Waals surface area (Å²) in [7, 11) is 0. The molecule has 3 atom stereocenters. The van der Waals surface area contributed by atoms with E-state index in [1.165, 1.54) is 6.92 Å². The van der Waals surface area contributed by atoms with Crippen molar-refractivity contribution in [3.8, 4) is 0 Å². The van der Waals surface area contributed by atoms with Crippen LogP contribution in [0.5, 0.6) is 0 Å². The molecule has 0 aromatic rings. The standard InChI is InChI=1S/C8H14O4/c1-5-3-7(12-6(2)10)8(4-9)11-5/h5,7-9H,3-4H2,1-2H3/t5-,7-,8+/m0/s1. The summed E-state index contributed by atoms with van der Waals surface area (Å²) in [4.78, 5) is 10.6. The van der Waals surface area contributed by atoms with Gasteiger partial charge < -0.3 is 14.6 Å². The largest absolute Gasteiger partial charge is 0.460 e. The van der Waals surface area contributed by atoms with E-state index in [0.717, 1.165) is 0 Å². The molecule has 0 aromatic heterocycles. The molecule has 12 heavy (non-hydrogen) atoms. The minimum atomic E-state index is -0.344. The van der Waals surface area contributed by atoms with E-state index in [4.69, 9.17) is 14.6 Å². The Morgan fingerprint density at radius 2 is 2.42 bits per heavy atom. The minimum absolute atomic E-state index is 0.0616. The van der Waals surface area contributed by atoms with Crippen LogP contribution in [0.1, 0.15) is 20.3 Å². The molecule has 0 unspecified atom stereocenters. The molecule has 4 nitrogen and oxygen atoms in total. The molecule has 1 N–H and O–H groups in total. The number of esters is 1. The van der Waals surface area contributed by atoms with Crippen LogP contribution in [0.3, 0.4) is 0 Å². The fraction of sp³-hybridized carbons (Fsp3) is 0.875. The molecule has 1 rings (SSSR count). The maximum Gasteiger partial charge on any atom is 0.302 e. The first kappa shape index (κ1) is 9.48. The molecular formula is C8H14O4. The van der Waals surface area contributed by atoms with E-state index in [-0.39, 0.29) is 30.9 Å². The van der Waals surface area contributed by atoms with Crippen LogP contribution >= 0.6 is 0 Å². The Kier molecular flexibility index (Phi) is 3.05. The Labute approximate surface area is 71.5 Å². The number of ether oxygens (including phenoxy) is 2. The van der Waals surface area contributed by atoms with Crippen molar-refractivity contribution in [2.24, 2.45) is 0 Å². The fourth-order valence-corrected chi connectivity index (χ4v) is 1.42. The van der Waals surface area contributed by atoms with Gasteiger partial charge in [-0.1, -0.05) is 0 Å². The van der Waals surface area contributed by atoms with Gasteiger partial charge in [0.1, 0.15) is 12.2 Å². The topological polar surface area (TPSA) is 55.8 Å². The van der Waals surface area contributed by atoms with Crippen molar-refractivity contribution in [3.05, 3.63) is 0 Å². The smallest absolute Gasteiger partial charge is 0.302 e. The number of hydrogen-bond donors (Lipinski definition) is 1. The molecule has 0 aromatic carbocycles. The monoisotopic (exact) mass is 174 g/mol. The molecule has 0 saturated carbocycles. The van der Waals surface area contributed by atoms with E-state index >= 15 is 0 Å². The van der Waals surface area contributed by atoms with E-state index in [1.807, 2.05) is 6.92 Å². The summed E-state index contributed by atoms with van der Waals surface area (Å²) < 4.78 is 10.3. The van der Waals surface area contributed by atoms with Gasteiger partial charge in [-0.05, 0) is 6.92 Å². The van der Waals surface area contributed by atoms with Crippen molar-refractivity contribution in [2.75, 3.05) is 6.61 Å². The summed E-state index contributed by atoms with van der Waals surface area (Å²) in [5.41, 5.74) is 0. The van der Waals surface area contributed by atoms with Gasteiger partial charge in [0.15, 0.2) is 0 Å². The molecule has 1 aliphatic rings. The molecule has 70 valence electrons. The quantitative estimate of drug-likeness (QED) is 0.603.